The Kier molecular flexibility index (Phi) is 16.4. The van der Waals surface area contributed by atoms with Gasteiger partial charge in [-0.05, 0) is 44.1 Å². The van der Waals surface area contributed by atoms with E-state index in [1.807, 2.05) is 18.2 Å². The molecule has 0 bridgehead atoms. The second-order valence-corrected chi connectivity index (χ2v) is 8.75. The number of rotatable bonds is 20. The summed E-state index contributed by atoms with van der Waals surface area (Å²) in [4.78, 5) is 21.8. The van der Waals surface area contributed by atoms with E-state index in [1.54, 1.807) is 0 Å². The quantitative estimate of drug-likeness (QED) is 0.171. The minimum absolute atomic E-state index is 0.0795. The maximum atomic E-state index is 11.1. The summed E-state index contributed by atoms with van der Waals surface area (Å²) in [5, 5.41) is 8.83. The van der Waals surface area contributed by atoms with E-state index in [0.29, 0.717) is 6.61 Å². The van der Waals surface area contributed by atoms with Gasteiger partial charge >= 0.3 is 11.9 Å². The third-order valence-electron chi connectivity index (χ3n) is 5.84. The molecule has 0 fully saturated rings. The van der Waals surface area contributed by atoms with Gasteiger partial charge < -0.3 is 14.6 Å². The van der Waals surface area contributed by atoms with Gasteiger partial charge in [-0.2, -0.15) is 0 Å². The lowest BCUT2D eigenvalue weighted by Crippen LogP contribution is -2.14. The molecule has 1 aromatic rings. The van der Waals surface area contributed by atoms with Crippen molar-refractivity contribution in [3.8, 4) is 0 Å². The molecular weight excluding hydrogens is 404 g/mol. The van der Waals surface area contributed by atoms with E-state index in [2.05, 4.69) is 19.1 Å². The van der Waals surface area contributed by atoms with Gasteiger partial charge in [0.1, 0.15) is 6.10 Å². The SMILES string of the molecule is CCC(CCCCCCCCCC(CCCCC(=O)O)OCc1ccccc1)OC(C)=O. The summed E-state index contributed by atoms with van der Waals surface area (Å²) >= 11 is 0. The number of esters is 1. The van der Waals surface area contributed by atoms with Crippen molar-refractivity contribution in [3.63, 3.8) is 0 Å². The highest BCUT2D eigenvalue weighted by Crippen LogP contribution is 2.18. The zero-order valence-electron chi connectivity index (χ0n) is 20.2. The average Bonchev–Trinajstić information content (AvgIpc) is 2.77. The molecule has 0 saturated carbocycles. The predicted molar refractivity (Wildman–Crippen MR) is 129 cm³/mol. The average molecular weight is 449 g/mol. The molecule has 0 heterocycles. The highest BCUT2D eigenvalue weighted by Gasteiger charge is 2.11. The number of ether oxygens (including phenoxy) is 2. The lowest BCUT2D eigenvalue weighted by molar-refractivity contribution is -0.146. The Bertz CT molecular complexity index is 601. The van der Waals surface area contributed by atoms with Gasteiger partial charge in [0.2, 0.25) is 0 Å². The van der Waals surface area contributed by atoms with Crippen LogP contribution in [0.5, 0.6) is 0 Å². The van der Waals surface area contributed by atoms with E-state index < -0.39 is 5.97 Å². The molecule has 1 rings (SSSR count). The Labute approximate surface area is 194 Å². The molecule has 182 valence electrons. The van der Waals surface area contributed by atoms with Gasteiger partial charge in [-0.15, -0.1) is 0 Å². The topological polar surface area (TPSA) is 72.8 Å². The molecule has 0 aliphatic carbocycles. The molecule has 2 atom stereocenters. The standard InChI is InChI=1S/C27H44O5/c1-3-25(32-23(2)28)18-12-7-5-4-6-8-13-19-26(20-14-15-21-27(29)30)31-22-24-16-10-9-11-17-24/h9-11,16-17,25-26H,3-8,12-15,18-22H2,1-2H3,(H,29,30). The van der Waals surface area contributed by atoms with Gasteiger partial charge in [0, 0.05) is 13.3 Å². The van der Waals surface area contributed by atoms with Crippen molar-refractivity contribution >= 4 is 11.9 Å². The van der Waals surface area contributed by atoms with Gasteiger partial charge in [-0.3, -0.25) is 9.59 Å². The molecule has 0 aliphatic rings. The van der Waals surface area contributed by atoms with Crippen molar-refractivity contribution in [2.24, 2.45) is 0 Å². The van der Waals surface area contributed by atoms with Crippen LogP contribution in [0.25, 0.3) is 0 Å². The van der Waals surface area contributed by atoms with Crippen molar-refractivity contribution in [1.82, 2.24) is 0 Å². The highest BCUT2D eigenvalue weighted by molar-refractivity contribution is 5.66. The second-order valence-electron chi connectivity index (χ2n) is 8.75. The number of unbranched alkanes of at least 4 members (excludes halogenated alkanes) is 7. The highest BCUT2D eigenvalue weighted by atomic mass is 16.5. The molecule has 0 spiro atoms. The number of hydrogen-bond donors (Lipinski definition) is 1. The molecule has 0 amide bonds. The number of aliphatic carboxylic acids is 1. The number of hydrogen-bond acceptors (Lipinski definition) is 4. The normalized spacial score (nSPS) is 12.9. The van der Waals surface area contributed by atoms with E-state index in [9.17, 15) is 9.59 Å². The number of benzene rings is 1. The van der Waals surface area contributed by atoms with Crippen LogP contribution in [-0.4, -0.2) is 29.3 Å². The first kappa shape index (κ1) is 28.2. The van der Waals surface area contributed by atoms with Crippen molar-refractivity contribution in [1.29, 1.82) is 0 Å². The summed E-state index contributed by atoms with van der Waals surface area (Å²) in [5.74, 6) is -0.895. The Balaban J connectivity index is 2.16. The van der Waals surface area contributed by atoms with Crippen LogP contribution < -0.4 is 0 Å². The van der Waals surface area contributed by atoms with Crippen LogP contribution in [0.2, 0.25) is 0 Å². The van der Waals surface area contributed by atoms with Gasteiger partial charge in [0.05, 0.1) is 12.7 Å². The summed E-state index contributed by atoms with van der Waals surface area (Å²) in [6, 6.07) is 10.2. The minimum atomic E-state index is -0.719. The molecule has 2 unspecified atom stereocenters. The van der Waals surface area contributed by atoms with E-state index in [4.69, 9.17) is 14.6 Å². The first-order valence-corrected chi connectivity index (χ1v) is 12.6. The molecule has 5 nitrogen and oxygen atoms in total. The molecule has 0 aliphatic heterocycles. The van der Waals surface area contributed by atoms with Crippen LogP contribution in [0.4, 0.5) is 0 Å². The number of carbonyl (C=O) groups is 2. The van der Waals surface area contributed by atoms with Crippen LogP contribution in [0, 0.1) is 0 Å². The molecule has 1 aromatic carbocycles. The molecular formula is C27H44O5. The summed E-state index contributed by atoms with van der Waals surface area (Å²) < 4.78 is 11.5. The first-order valence-electron chi connectivity index (χ1n) is 12.6. The van der Waals surface area contributed by atoms with Crippen molar-refractivity contribution in [3.05, 3.63) is 35.9 Å². The molecule has 0 radical (unpaired) electrons. The fourth-order valence-corrected chi connectivity index (χ4v) is 3.96. The summed E-state index contributed by atoms with van der Waals surface area (Å²) in [6.45, 7) is 4.17. The Morgan fingerprint density at radius 3 is 1.88 bits per heavy atom. The molecule has 32 heavy (non-hydrogen) atoms. The maximum Gasteiger partial charge on any atom is 0.303 e. The number of carboxylic acids is 1. The van der Waals surface area contributed by atoms with Crippen LogP contribution in [0.3, 0.4) is 0 Å². The molecule has 0 aromatic heterocycles. The van der Waals surface area contributed by atoms with Crippen LogP contribution in [0.1, 0.15) is 109 Å². The molecule has 5 heteroatoms. The van der Waals surface area contributed by atoms with Gasteiger partial charge in [-0.1, -0.05) is 82.2 Å². The van der Waals surface area contributed by atoms with Gasteiger partial charge in [-0.25, -0.2) is 0 Å². The summed E-state index contributed by atoms with van der Waals surface area (Å²) in [6.07, 6.45) is 14.4. The summed E-state index contributed by atoms with van der Waals surface area (Å²) in [7, 11) is 0. The molecule has 0 saturated heterocycles. The zero-order chi connectivity index (χ0) is 23.4. The minimum Gasteiger partial charge on any atom is -0.481 e. The van der Waals surface area contributed by atoms with Crippen molar-refractivity contribution in [2.45, 2.75) is 123 Å². The van der Waals surface area contributed by atoms with E-state index in [-0.39, 0.29) is 24.6 Å². The van der Waals surface area contributed by atoms with Crippen molar-refractivity contribution in [2.75, 3.05) is 0 Å². The fraction of sp³-hybridized carbons (Fsp3) is 0.704. The Morgan fingerprint density at radius 2 is 1.34 bits per heavy atom. The number of carboxylic acid groups (broad SMARTS) is 1. The predicted octanol–water partition coefficient (Wildman–Crippen LogP) is 7.07. The van der Waals surface area contributed by atoms with Gasteiger partial charge in [0.25, 0.3) is 0 Å². The monoisotopic (exact) mass is 448 g/mol. The Hall–Kier alpha value is -1.88. The third-order valence-corrected chi connectivity index (χ3v) is 5.84. The third kappa shape index (κ3) is 15.9. The fourth-order valence-electron chi connectivity index (χ4n) is 3.96. The second kappa shape index (κ2) is 18.7. The lowest BCUT2D eigenvalue weighted by atomic mass is 10.0. The van der Waals surface area contributed by atoms with Gasteiger partial charge in [0.15, 0.2) is 0 Å². The van der Waals surface area contributed by atoms with Crippen molar-refractivity contribution < 1.29 is 24.2 Å². The van der Waals surface area contributed by atoms with E-state index in [1.165, 1.54) is 44.6 Å². The van der Waals surface area contributed by atoms with E-state index in [0.717, 1.165) is 51.4 Å². The largest absolute Gasteiger partial charge is 0.481 e. The van der Waals surface area contributed by atoms with E-state index >= 15 is 0 Å². The smallest absolute Gasteiger partial charge is 0.303 e. The lowest BCUT2D eigenvalue weighted by Gasteiger charge is -2.18. The zero-order valence-corrected chi connectivity index (χ0v) is 20.2. The Morgan fingerprint density at radius 1 is 0.812 bits per heavy atom. The molecule has 1 N–H and O–H groups in total. The first-order chi connectivity index (χ1) is 15.5. The number of carbonyl (C=O) groups excluding carboxylic acids is 1. The summed E-state index contributed by atoms with van der Waals surface area (Å²) in [5.41, 5.74) is 1.18. The van der Waals surface area contributed by atoms with Crippen LogP contribution in [0.15, 0.2) is 30.3 Å². The maximum absolute atomic E-state index is 11.1. The van der Waals surface area contributed by atoms with Crippen LogP contribution >= 0.6 is 0 Å². The van der Waals surface area contributed by atoms with Crippen LogP contribution in [-0.2, 0) is 25.7 Å².